The van der Waals surface area contributed by atoms with E-state index >= 15 is 0 Å². The van der Waals surface area contributed by atoms with Crippen LogP contribution in [0.5, 0.6) is 6.01 Å². The van der Waals surface area contributed by atoms with Crippen LogP contribution >= 0.6 is 11.6 Å². The van der Waals surface area contributed by atoms with Crippen LogP contribution in [-0.4, -0.2) is 36.2 Å². The normalized spacial score (nSPS) is 20.3. The van der Waals surface area contributed by atoms with Gasteiger partial charge in [-0.1, -0.05) is 11.6 Å². The molecule has 0 amide bonds. The zero-order valence-corrected chi connectivity index (χ0v) is 9.21. The van der Waals surface area contributed by atoms with E-state index < -0.39 is 0 Å². The Kier molecular flexibility index (Phi) is 3.23. The molecule has 1 saturated heterocycles. The van der Waals surface area contributed by atoms with Crippen LogP contribution in [0.25, 0.3) is 0 Å². The molecule has 1 aromatic heterocycles. The van der Waals surface area contributed by atoms with Crippen molar-refractivity contribution in [3.8, 4) is 6.01 Å². The number of hydrogen-bond acceptors (Lipinski definition) is 5. The lowest BCUT2D eigenvalue weighted by Crippen LogP contribution is -2.23. The van der Waals surface area contributed by atoms with Crippen molar-refractivity contribution in [3.05, 3.63) is 11.2 Å². The number of ether oxygens (including phenoxy) is 1. The summed E-state index contributed by atoms with van der Waals surface area (Å²) in [7, 11) is 1.53. The maximum Gasteiger partial charge on any atom is 0.318 e. The van der Waals surface area contributed by atoms with E-state index in [2.05, 4.69) is 20.6 Å². The maximum atomic E-state index is 5.97. The number of rotatable bonds is 3. The van der Waals surface area contributed by atoms with Crippen LogP contribution in [0.1, 0.15) is 6.42 Å². The molecule has 0 aliphatic carbocycles. The average molecular weight is 229 g/mol. The van der Waals surface area contributed by atoms with E-state index in [4.69, 9.17) is 16.3 Å². The van der Waals surface area contributed by atoms with Gasteiger partial charge >= 0.3 is 6.01 Å². The second-order valence-corrected chi connectivity index (χ2v) is 3.79. The molecule has 0 spiro atoms. The third-order valence-electron chi connectivity index (χ3n) is 2.31. The van der Waals surface area contributed by atoms with Gasteiger partial charge in [0, 0.05) is 12.6 Å². The third-order valence-corrected chi connectivity index (χ3v) is 2.58. The molecule has 2 heterocycles. The SMILES string of the molecule is COc1ncc(Cl)c(NC2CCNC2)n1. The Labute approximate surface area is 93.2 Å². The Hall–Kier alpha value is -1.07. The van der Waals surface area contributed by atoms with Crippen molar-refractivity contribution >= 4 is 17.4 Å². The van der Waals surface area contributed by atoms with Gasteiger partial charge in [0.25, 0.3) is 0 Å². The predicted molar refractivity (Wildman–Crippen MR) is 58.5 cm³/mol. The van der Waals surface area contributed by atoms with Gasteiger partial charge < -0.3 is 15.4 Å². The lowest BCUT2D eigenvalue weighted by molar-refractivity contribution is 0.380. The first kappa shape index (κ1) is 10.4. The van der Waals surface area contributed by atoms with E-state index in [0.717, 1.165) is 19.5 Å². The fraction of sp³-hybridized carbons (Fsp3) is 0.556. The van der Waals surface area contributed by atoms with Gasteiger partial charge in [-0.3, -0.25) is 0 Å². The first-order chi connectivity index (χ1) is 7.29. The van der Waals surface area contributed by atoms with Crippen LogP contribution in [-0.2, 0) is 0 Å². The number of aromatic nitrogens is 2. The van der Waals surface area contributed by atoms with Gasteiger partial charge in [-0.25, -0.2) is 4.98 Å². The third kappa shape index (κ3) is 2.49. The summed E-state index contributed by atoms with van der Waals surface area (Å²) in [6.07, 6.45) is 2.61. The highest BCUT2D eigenvalue weighted by Crippen LogP contribution is 2.21. The molecule has 1 unspecified atom stereocenters. The van der Waals surface area contributed by atoms with E-state index in [9.17, 15) is 0 Å². The summed E-state index contributed by atoms with van der Waals surface area (Å²) in [5, 5.41) is 7.04. The smallest absolute Gasteiger partial charge is 0.318 e. The monoisotopic (exact) mass is 228 g/mol. The van der Waals surface area contributed by atoms with Gasteiger partial charge in [0.2, 0.25) is 0 Å². The van der Waals surface area contributed by atoms with Crippen LogP contribution in [0.2, 0.25) is 5.02 Å². The van der Waals surface area contributed by atoms with E-state index in [1.54, 1.807) is 0 Å². The molecular formula is C9H13ClN4O. The van der Waals surface area contributed by atoms with Gasteiger partial charge in [-0.2, -0.15) is 4.98 Å². The lowest BCUT2D eigenvalue weighted by atomic mass is 10.2. The first-order valence-corrected chi connectivity index (χ1v) is 5.21. The van der Waals surface area contributed by atoms with Crippen molar-refractivity contribution in [2.75, 3.05) is 25.5 Å². The highest BCUT2D eigenvalue weighted by Gasteiger charge is 2.16. The number of halogens is 1. The fourth-order valence-corrected chi connectivity index (χ4v) is 1.67. The number of nitrogens with one attached hydrogen (secondary N) is 2. The van der Waals surface area contributed by atoms with Crippen molar-refractivity contribution in [2.45, 2.75) is 12.5 Å². The van der Waals surface area contributed by atoms with E-state index in [1.807, 2.05) is 0 Å². The average Bonchev–Trinajstić information content (AvgIpc) is 2.74. The summed E-state index contributed by atoms with van der Waals surface area (Å²) in [5.74, 6) is 0.636. The molecule has 5 nitrogen and oxygen atoms in total. The van der Waals surface area contributed by atoms with Crippen LogP contribution in [0, 0.1) is 0 Å². The zero-order valence-electron chi connectivity index (χ0n) is 8.46. The molecule has 6 heteroatoms. The molecule has 2 N–H and O–H groups in total. The Morgan fingerprint density at radius 3 is 3.20 bits per heavy atom. The minimum Gasteiger partial charge on any atom is -0.467 e. The Balaban J connectivity index is 2.11. The molecule has 2 rings (SSSR count). The number of hydrogen-bond donors (Lipinski definition) is 2. The summed E-state index contributed by atoms with van der Waals surface area (Å²) < 4.78 is 4.94. The number of methoxy groups -OCH3 is 1. The highest BCUT2D eigenvalue weighted by atomic mass is 35.5. The molecule has 1 aliphatic heterocycles. The molecule has 1 atom stereocenters. The lowest BCUT2D eigenvalue weighted by Gasteiger charge is -2.13. The van der Waals surface area contributed by atoms with Gasteiger partial charge in [-0.15, -0.1) is 0 Å². The quantitative estimate of drug-likeness (QED) is 0.806. The van der Waals surface area contributed by atoms with Crippen molar-refractivity contribution in [1.82, 2.24) is 15.3 Å². The van der Waals surface area contributed by atoms with Crippen LogP contribution < -0.4 is 15.4 Å². The maximum absolute atomic E-state index is 5.97. The molecule has 1 aliphatic rings. The summed E-state index contributed by atoms with van der Waals surface area (Å²) in [4.78, 5) is 8.06. The van der Waals surface area contributed by atoms with Gasteiger partial charge in [0.1, 0.15) is 5.02 Å². The molecule has 82 valence electrons. The van der Waals surface area contributed by atoms with Crippen molar-refractivity contribution in [3.63, 3.8) is 0 Å². The minimum atomic E-state index is 0.327. The van der Waals surface area contributed by atoms with E-state index in [0.29, 0.717) is 22.9 Å². The summed E-state index contributed by atoms with van der Waals surface area (Å²) in [6, 6.07) is 0.704. The first-order valence-electron chi connectivity index (χ1n) is 4.83. The second kappa shape index (κ2) is 4.63. The Morgan fingerprint density at radius 1 is 1.67 bits per heavy atom. The van der Waals surface area contributed by atoms with Crippen LogP contribution in [0.4, 0.5) is 5.82 Å². The largest absolute Gasteiger partial charge is 0.467 e. The molecular weight excluding hydrogens is 216 g/mol. The van der Waals surface area contributed by atoms with Gasteiger partial charge in [0.15, 0.2) is 5.82 Å². The summed E-state index contributed by atoms with van der Waals surface area (Å²) >= 11 is 5.97. The van der Waals surface area contributed by atoms with Crippen molar-refractivity contribution in [1.29, 1.82) is 0 Å². The van der Waals surface area contributed by atoms with E-state index in [-0.39, 0.29) is 0 Å². The standard InChI is InChI=1S/C9H13ClN4O/c1-15-9-12-5-7(10)8(14-9)13-6-2-3-11-4-6/h5-6,11H,2-4H2,1H3,(H,12,13,14). The molecule has 0 bridgehead atoms. The molecule has 1 aromatic rings. The highest BCUT2D eigenvalue weighted by molar-refractivity contribution is 6.32. The molecule has 1 fully saturated rings. The number of anilines is 1. The summed E-state index contributed by atoms with van der Waals surface area (Å²) in [5.41, 5.74) is 0. The topological polar surface area (TPSA) is 59.1 Å². The molecule has 0 radical (unpaired) electrons. The van der Waals surface area contributed by atoms with Crippen LogP contribution in [0.3, 0.4) is 0 Å². The fourth-order valence-electron chi connectivity index (χ4n) is 1.52. The zero-order chi connectivity index (χ0) is 10.7. The summed E-state index contributed by atoms with van der Waals surface area (Å²) in [6.45, 7) is 1.96. The van der Waals surface area contributed by atoms with E-state index in [1.165, 1.54) is 13.3 Å². The van der Waals surface area contributed by atoms with Gasteiger partial charge in [-0.05, 0) is 13.0 Å². The van der Waals surface area contributed by atoms with Gasteiger partial charge in [0.05, 0.1) is 13.3 Å². The molecule has 15 heavy (non-hydrogen) atoms. The van der Waals surface area contributed by atoms with Crippen LogP contribution in [0.15, 0.2) is 6.20 Å². The predicted octanol–water partition coefficient (Wildman–Crippen LogP) is 0.912. The minimum absolute atomic E-state index is 0.327. The van der Waals surface area contributed by atoms with Crippen molar-refractivity contribution < 1.29 is 4.74 Å². The molecule has 0 aromatic carbocycles. The second-order valence-electron chi connectivity index (χ2n) is 3.39. The van der Waals surface area contributed by atoms with Crippen molar-refractivity contribution in [2.24, 2.45) is 0 Å². The number of nitrogens with zero attached hydrogens (tertiary/aromatic N) is 2. The Bertz CT molecular complexity index is 341. The Morgan fingerprint density at radius 2 is 2.53 bits per heavy atom. The molecule has 0 saturated carbocycles.